The molecule has 0 radical (unpaired) electrons. The average molecular weight is 173 g/mol. The molecule has 0 aromatic rings. The Morgan fingerprint density at radius 2 is 2.45 bits per heavy atom. The Morgan fingerprint density at radius 1 is 1.73 bits per heavy atom. The molecule has 1 aliphatic rings. The fraction of sp³-hybridized carbons (Fsp3) is 0.875. The lowest BCUT2D eigenvalue weighted by molar-refractivity contribution is 0.0848. The Kier molecular flexibility index (Phi) is 3.40. The first-order valence-corrected chi connectivity index (χ1v) is 4.70. The smallest absolute Gasteiger partial charge is 0.0932 e. The summed E-state index contributed by atoms with van der Waals surface area (Å²) in [5, 5.41) is 0. The summed E-state index contributed by atoms with van der Waals surface area (Å²) in [6.45, 7) is 4.93. The van der Waals surface area contributed by atoms with E-state index >= 15 is 0 Å². The maximum atomic E-state index is 5.51. The Balaban J connectivity index is 2.61. The predicted octanol–water partition coefficient (Wildman–Crippen LogP) is 1.55. The maximum absolute atomic E-state index is 5.51. The molecule has 0 aromatic carbocycles. The summed E-state index contributed by atoms with van der Waals surface area (Å²) in [4.78, 5) is 4.52. The van der Waals surface area contributed by atoms with E-state index in [9.17, 15) is 0 Å². The maximum Gasteiger partial charge on any atom is 0.0932 e. The summed E-state index contributed by atoms with van der Waals surface area (Å²) in [5.41, 5.74) is 1.09. The molecule has 0 aliphatic carbocycles. The van der Waals surface area contributed by atoms with Crippen molar-refractivity contribution in [3.8, 4) is 0 Å². The molecule has 2 nitrogen and oxygen atoms in total. The van der Waals surface area contributed by atoms with Crippen molar-refractivity contribution in [1.29, 1.82) is 0 Å². The minimum atomic E-state index is 0.176. The molecule has 0 bridgehead atoms. The number of thiol groups is 1. The third kappa shape index (κ3) is 2.20. The molecule has 0 spiro atoms. The van der Waals surface area contributed by atoms with Crippen LogP contribution in [-0.2, 0) is 4.74 Å². The van der Waals surface area contributed by atoms with Crippen LogP contribution in [0, 0.1) is 0 Å². The average Bonchev–Trinajstić information content (AvgIpc) is 2.05. The van der Waals surface area contributed by atoms with E-state index in [0.717, 1.165) is 24.5 Å². The monoisotopic (exact) mass is 173 g/mol. The highest BCUT2D eigenvalue weighted by atomic mass is 32.1. The Labute approximate surface area is 73.5 Å². The van der Waals surface area contributed by atoms with Crippen LogP contribution in [0.5, 0.6) is 0 Å². The summed E-state index contributed by atoms with van der Waals surface area (Å²) in [6, 6.07) is 0.369. The number of nitrogens with zero attached hydrogens (tertiary/aromatic N) is 1. The van der Waals surface area contributed by atoms with E-state index in [0.29, 0.717) is 6.04 Å². The van der Waals surface area contributed by atoms with Gasteiger partial charge in [-0.3, -0.25) is 4.99 Å². The van der Waals surface area contributed by atoms with Gasteiger partial charge in [-0.15, -0.1) is 0 Å². The van der Waals surface area contributed by atoms with E-state index in [4.69, 9.17) is 4.74 Å². The van der Waals surface area contributed by atoms with Crippen molar-refractivity contribution in [2.75, 3.05) is 12.4 Å². The van der Waals surface area contributed by atoms with E-state index in [2.05, 4.69) is 24.5 Å². The first-order chi connectivity index (χ1) is 5.27. The highest BCUT2D eigenvalue weighted by molar-refractivity contribution is 7.81. The van der Waals surface area contributed by atoms with Gasteiger partial charge in [0.25, 0.3) is 0 Å². The fourth-order valence-electron chi connectivity index (χ4n) is 1.11. The Hall–Kier alpha value is -0.0200. The van der Waals surface area contributed by atoms with Gasteiger partial charge in [0.2, 0.25) is 0 Å². The van der Waals surface area contributed by atoms with Crippen LogP contribution in [0.15, 0.2) is 4.99 Å². The van der Waals surface area contributed by atoms with Crippen LogP contribution < -0.4 is 0 Å². The summed E-state index contributed by atoms with van der Waals surface area (Å²) < 4.78 is 5.51. The zero-order valence-electron chi connectivity index (χ0n) is 7.08. The zero-order valence-corrected chi connectivity index (χ0v) is 7.97. The van der Waals surface area contributed by atoms with Gasteiger partial charge in [0.1, 0.15) is 0 Å². The van der Waals surface area contributed by atoms with E-state index < -0.39 is 0 Å². The minimum absolute atomic E-state index is 0.176. The molecule has 3 heteroatoms. The van der Waals surface area contributed by atoms with Gasteiger partial charge in [0.05, 0.1) is 24.5 Å². The largest absolute Gasteiger partial charge is 0.370 e. The molecule has 1 aliphatic heterocycles. The van der Waals surface area contributed by atoms with Crippen molar-refractivity contribution >= 4 is 18.3 Å². The topological polar surface area (TPSA) is 21.6 Å². The van der Waals surface area contributed by atoms with E-state index in [1.807, 2.05) is 6.92 Å². The van der Waals surface area contributed by atoms with Crippen LogP contribution in [0.4, 0.5) is 0 Å². The number of aliphatic imine (C=N–C) groups is 1. The highest BCUT2D eigenvalue weighted by Gasteiger charge is 2.18. The van der Waals surface area contributed by atoms with Crippen LogP contribution in [0.2, 0.25) is 0 Å². The molecule has 0 saturated heterocycles. The Morgan fingerprint density at radius 3 is 3.00 bits per heavy atom. The molecule has 1 rings (SSSR count). The lowest BCUT2D eigenvalue weighted by atomic mass is 10.2. The van der Waals surface area contributed by atoms with Crippen molar-refractivity contribution in [1.82, 2.24) is 0 Å². The normalized spacial score (nSPS) is 31.7. The van der Waals surface area contributed by atoms with Gasteiger partial charge in [-0.25, -0.2) is 0 Å². The molecule has 1 heterocycles. The molecule has 2 unspecified atom stereocenters. The number of rotatable bonds is 2. The summed E-state index contributed by atoms with van der Waals surface area (Å²) in [6.07, 6.45) is 1.24. The first-order valence-electron chi connectivity index (χ1n) is 4.07. The van der Waals surface area contributed by atoms with Crippen molar-refractivity contribution < 1.29 is 4.74 Å². The molecule has 0 N–H and O–H groups in total. The number of ether oxygens (including phenoxy) is 1. The van der Waals surface area contributed by atoms with E-state index in [1.54, 1.807) is 0 Å². The lowest BCUT2D eigenvalue weighted by Gasteiger charge is -2.24. The highest BCUT2D eigenvalue weighted by Crippen LogP contribution is 2.11. The van der Waals surface area contributed by atoms with Crippen molar-refractivity contribution in [3.63, 3.8) is 0 Å². The molecule has 11 heavy (non-hydrogen) atoms. The van der Waals surface area contributed by atoms with Crippen LogP contribution in [-0.4, -0.2) is 30.2 Å². The van der Waals surface area contributed by atoms with Gasteiger partial charge < -0.3 is 4.74 Å². The second-order valence-electron chi connectivity index (χ2n) is 2.82. The summed E-state index contributed by atoms with van der Waals surface area (Å²) in [7, 11) is 0. The zero-order chi connectivity index (χ0) is 8.27. The van der Waals surface area contributed by atoms with Crippen molar-refractivity contribution in [2.24, 2.45) is 4.99 Å². The quantitative estimate of drug-likeness (QED) is 0.629. The van der Waals surface area contributed by atoms with Gasteiger partial charge in [-0.05, 0) is 13.3 Å². The molecule has 64 valence electrons. The SMILES string of the molecule is CCC1COC(C)C(CS)=N1. The second-order valence-corrected chi connectivity index (χ2v) is 3.13. The van der Waals surface area contributed by atoms with Crippen LogP contribution >= 0.6 is 12.6 Å². The molecule has 0 saturated carbocycles. The predicted molar refractivity (Wildman–Crippen MR) is 50.8 cm³/mol. The van der Waals surface area contributed by atoms with Crippen molar-refractivity contribution in [3.05, 3.63) is 0 Å². The van der Waals surface area contributed by atoms with Crippen LogP contribution in [0.25, 0.3) is 0 Å². The van der Waals surface area contributed by atoms with Gasteiger partial charge in [-0.2, -0.15) is 12.6 Å². The third-order valence-electron chi connectivity index (χ3n) is 1.99. The van der Waals surface area contributed by atoms with Gasteiger partial charge in [-0.1, -0.05) is 6.92 Å². The number of hydrogen-bond donors (Lipinski definition) is 1. The minimum Gasteiger partial charge on any atom is -0.370 e. The lowest BCUT2D eigenvalue weighted by Crippen LogP contribution is -2.33. The van der Waals surface area contributed by atoms with E-state index in [-0.39, 0.29) is 6.10 Å². The molecule has 0 aromatic heterocycles. The van der Waals surface area contributed by atoms with Crippen molar-refractivity contribution in [2.45, 2.75) is 32.4 Å². The third-order valence-corrected chi connectivity index (χ3v) is 2.31. The van der Waals surface area contributed by atoms with Crippen LogP contribution in [0.1, 0.15) is 20.3 Å². The second kappa shape index (κ2) is 4.12. The molecular weight excluding hydrogens is 158 g/mol. The first kappa shape index (κ1) is 9.07. The van der Waals surface area contributed by atoms with Gasteiger partial charge in [0, 0.05) is 5.75 Å². The standard InChI is InChI=1S/C8H15NOS/c1-3-7-4-10-6(2)8(5-11)9-7/h6-7,11H,3-5H2,1-2H3. The number of hydrogen-bond acceptors (Lipinski definition) is 3. The molecular formula is C8H15NOS. The molecule has 0 fully saturated rings. The van der Waals surface area contributed by atoms with Gasteiger partial charge >= 0.3 is 0 Å². The van der Waals surface area contributed by atoms with E-state index in [1.165, 1.54) is 0 Å². The van der Waals surface area contributed by atoms with Crippen LogP contribution in [0.3, 0.4) is 0 Å². The van der Waals surface area contributed by atoms with Gasteiger partial charge in [0.15, 0.2) is 0 Å². The summed E-state index contributed by atoms with van der Waals surface area (Å²) in [5.74, 6) is 0.720. The Bertz CT molecular complexity index is 158. The summed E-state index contributed by atoms with van der Waals surface area (Å²) >= 11 is 4.19. The molecule has 2 atom stereocenters. The fourth-order valence-corrected chi connectivity index (χ4v) is 1.45. The molecule has 0 amide bonds.